The quantitative estimate of drug-likeness (QED) is 0.798. The molecule has 0 fully saturated rings. The lowest BCUT2D eigenvalue weighted by Crippen LogP contribution is -2.06. The Morgan fingerprint density at radius 2 is 1.56 bits per heavy atom. The first-order chi connectivity index (χ1) is 6.88. The van der Waals surface area contributed by atoms with E-state index >= 15 is 0 Å². The molecule has 0 saturated carbocycles. The van der Waals surface area contributed by atoms with Crippen molar-refractivity contribution in [3.63, 3.8) is 0 Å². The van der Waals surface area contributed by atoms with Crippen LogP contribution >= 0.6 is 12.4 Å². The molecule has 6 heteroatoms. The van der Waals surface area contributed by atoms with Gasteiger partial charge in [0, 0.05) is 4.21 Å². The molecule has 0 saturated heterocycles. The van der Waals surface area contributed by atoms with Crippen LogP contribution in [0.1, 0.15) is 16.7 Å². The van der Waals surface area contributed by atoms with Gasteiger partial charge in [-0.25, -0.2) is 8.42 Å². The monoisotopic (exact) mass is 281 g/mol. The molecule has 1 aromatic rings. The van der Waals surface area contributed by atoms with Crippen LogP contribution in [0, 0.1) is 20.8 Å². The first-order valence-electron chi connectivity index (χ1n) is 4.44. The molecule has 1 aromatic carbocycles. The van der Waals surface area contributed by atoms with Crippen molar-refractivity contribution in [2.45, 2.75) is 25.7 Å². The van der Waals surface area contributed by atoms with Gasteiger partial charge in [0.2, 0.25) is 9.84 Å². The van der Waals surface area contributed by atoms with Crippen LogP contribution in [-0.2, 0) is 25.7 Å². The van der Waals surface area contributed by atoms with Gasteiger partial charge in [0.05, 0.1) is 4.90 Å². The number of aryl methyl sites for hydroxylation is 2. The molecule has 0 heterocycles. The van der Waals surface area contributed by atoms with Crippen molar-refractivity contribution < 1.29 is 12.6 Å². The van der Waals surface area contributed by atoms with Crippen LogP contribution in [0.2, 0.25) is 0 Å². The second kappa shape index (κ2) is 5.70. The second-order valence-corrected chi connectivity index (χ2v) is 6.41. The van der Waals surface area contributed by atoms with Crippen molar-refractivity contribution in [3.05, 3.63) is 28.8 Å². The molecule has 0 bridgehead atoms. The third kappa shape index (κ3) is 3.23. The van der Waals surface area contributed by atoms with E-state index in [4.69, 9.17) is 0 Å². The van der Waals surface area contributed by atoms with Crippen LogP contribution in [-0.4, -0.2) is 13.5 Å². The Bertz CT molecular complexity index is 472. The van der Waals surface area contributed by atoms with E-state index in [9.17, 15) is 12.6 Å². The zero-order valence-electron chi connectivity index (χ0n) is 9.31. The Hall–Kier alpha value is -0.520. The van der Waals surface area contributed by atoms with E-state index in [0.717, 1.165) is 16.7 Å². The molecule has 0 N–H and O–H groups in total. The summed E-state index contributed by atoms with van der Waals surface area (Å²) in [5.74, 6) is 0. The van der Waals surface area contributed by atoms with E-state index in [1.165, 1.54) is 0 Å². The van der Waals surface area contributed by atoms with Crippen molar-refractivity contribution in [2.75, 3.05) is 5.08 Å². The minimum Gasteiger partial charge on any atom is -0.218 e. The highest BCUT2D eigenvalue weighted by atomic mass is 35.5. The van der Waals surface area contributed by atoms with E-state index < -0.39 is 14.9 Å². The molecule has 0 aliphatic heterocycles. The molecule has 0 unspecified atom stereocenters. The van der Waals surface area contributed by atoms with E-state index in [2.05, 4.69) is 0 Å². The largest absolute Gasteiger partial charge is 0.476 e. The van der Waals surface area contributed by atoms with Crippen LogP contribution in [0.5, 0.6) is 0 Å². The van der Waals surface area contributed by atoms with E-state index in [1.54, 1.807) is 12.1 Å². The average molecular weight is 282 g/mol. The number of benzene rings is 1. The normalized spacial score (nSPS) is 10.7. The second-order valence-electron chi connectivity index (χ2n) is 3.53. The summed E-state index contributed by atoms with van der Waals surface area (Å²) >= 11 is 0.0814. The molecular formula is C10H14ClO3S2+. The van der Waals surface area contributed by atoms with Gasteiger partial charge in [0.1, 0.15) is 0 Å². The summed E-state index contributed by atoms with van der Waals surface area (Å²) in [5, 5.41) is -0.408. The van der Waals surface area contributed by atoms with Crippen molar-refractivity contribution in [1.29, 1.82) is 0 Å². The maximum absolute atomic E-state index is 11.6. The highest BCUT2D eigenvalue weighted by Crippen LogP contribution is 2.19. The van der Waals surface area contributed by atoms with Gasteiger partial charge in [0.15, 0.2) is 0 Å². The van der Waals surface area contributed by atoms with Gasteiger partial charge in [-0.05, 0) is 49.6 Å². The van der Waals surface area contributed by atoms with Gasteiger partial charge in [-0.15, -0.1) is 12.4 Å². The maximum Gasteiger partial charge on any atom is 0.476 e. The smallest absolute Gasteiger partial charge is 0.218 e. The molecular weight excluding hydrogens is 268 g/mol. The van der Waals surface area contributed by atoms with Gasteiger partial charge >= 0.3 is 16.8 Å². The molecule has 0 spiro atoms. The van der Waals surface area contributed by atoms with Gasteiger partial charge in [-0.3, -0.25) is 0 Å². The summed E-state index contributed by atoms with van der Waals surface area (Å²) in [6.07, 6.45) is 0. The van der Waals surface area contributed by atoms with Crippen molar-refractivity contribution >= 4 is 33.9 Å². The Labute approximate surface area is 106 Å². The van der Waals surface area contributed by atoms with Crippen molar-refractivity contribution in [3.8, 4) is 0 Å². The number of hydrogen-bond donors (Lipinski definition) is 0. The number of hydrogen-bond acceptors (Lipinski definition) is 3. The summed E-state index contributed by atoms with van der Waals surface area (Å²) in [6, 6.07) is 3.24. The lowest BCUT2D eigenvalue weighted by atomic mass is 10.1. The van der Waals surface area contributed by atoms with E-state index in [0.29, 0.717) is 0 Å². The lowest BCUT2D eigenvalue weighted by molar-refractivity contribution is 0.595. The Kier molecular flexibility index (Phi) is 5.52. The zero-order chi connectivity index (χ0) is 11.6. The predicted octanol–water partition coefficient (Wildman–Crippen LogP) is 2.19. The number of halogens is 1. The third-order valence-corrected chi connectivity index (χ3v) is 5.04. The van der Waals surface area contributed by atoms with Crippen LogP contribution in [0.4, 0.5) is 0 Å². The third-order valence-electron chi connectivity index (χ3n) is 2.46. The summed E-state index contributed by atoms with van der Waals surface area (Å²) in [5.41, 5.74) is 2.96. The first kappa shape index (κ1) is 15.5. The molecule has 0 atom stereocenters. The molecule has 0 radical (unpaired) electrons. The van der Waals surface area contributed by atoms with Crippen molar-refractivity contribution in [1.82, 2.24) is 0 Å². The van der Waals surface area contributed by atoms with Gasteiger partial charge in [-0.2, -0.15) is 0 Å². The fraction of sp³-hybridized carbons (Fsp3) is 0.400. The Morgan fingerprint density at radius 3 is 1.94 bits per heavy atom. The highest BCUT2D eigenvalue weighted by Gasteiger charge is 2.22. The van der Waals surface area contributed by atoms with Crippen LogP contribution in [0.25, 0.3) is 0 Å². The van der Waals surface area contributed by atoms with Crippen LogP contribution in [0.15, 0.2) is 17.0 Å². The van der Waals surface area contributed by atoms with E-state index in [-0.39, 0.29) is 29.0 Å². The van der Waals surface area contributed by atoms with Crippen LogP contribution < -0.4 is 0 Å². The SMILES string of the molecule is Cc1cc(S(=O)(=O)C[S+]=O)cc(C)c1C.Cl. The average Bonchev–Trinajstić information content (AvgIpc) is 2.13. The molecule has 90 valence electrons. The summed E-state index contributed by atoms with van der Waals surface area (Å²) in [7, 11) is -3.42. The predicted molar refractivity (Wildman–Crippen MR) is 68.0 cm³/mol. The fourth-order valence-corrected chi connectivity index (χ4v) is 3.07. The van der Waals surface area contributed by atoms with Crippen LogP contribution in [0.3, 0.4) is 0 Å². The first-order valence-corrected chi connectivity index (χ1v) is 7.00. The molecule has 0 aromatic heterocycles. The maximum atomic E-state index is 11.6. The lowest BCUT2D eigenvalue weighted by Gasteiger charge is -2.06. The summed E-state index contributed by atoms with van der Waals surface area (Å²) < 4.78 is 33.5. The molecule has 0 aliphatic rings. The minimum atomic E-state index is -3.42. The van der Waals surface area contributed by atoms with Gasteiger partial charge < -0.3 is 0 Å². The van der Waals surface area contributed by atoms with Crippen molar-refractivity contribution in [2.24, 2.45) is 0 Å². The Morgan fingerprint density at radius 1 is 1.12 bits per heavy atom. The Balaban J connectivity index is 0.00000225. The standard InChI is InChI=1S/C10H13O3S2.ClH/c1-7-4-10(5-8(2)9(7)3)15(12,13)6-14-11;/h4-5H,6H2,1-3H3;1H/q+1;. The summed E-state index contributed by atoms with van der Waals surface area (Å²) in [6.45, 7) is 5.68. The van der Waals surface area contributed by atoms with E-state index in [1.807, 2.05) is 20.8 Å². The number of sulfone groups is 1. The molecule has 16 heavy (non-hydrogen) atoms. The zero-order valence-corrected chi connectivity index (χ0v) is 11.8. The fourth-order valence-electron chi connectivity index (χ4n) is 1.31. The topological polar surface area (TPSA) is 51.2 Å². The summed E-state index contributed by atoms with van der Waals surface area (Å²) in [4.78, 5) is 0.242. The molecule has 0 amide bonds. The van der Waals surface area contributed by atoms with Gasteiger partial charge in [-0.1, -0.05) is 0 Å². The molecule has 1 rings (SSSR count). The van der Waals surface area contributed by atoms with Gasteiger partial charge in [0.25, 0.3) is 0 Å². The molecule has 0 aliphatic carbocycles. The number of rotatable bonds is 3. The molecule has 3 nitrogen and oxygen atoms in total. The highest BCUT2D eigenvalue weighted by molar-refractivity contribution is 7.99. The minimum absolute atomic E-state index is 0.